The lowest BCUT2D eigenvalue weighted by Crippen LogP contribution is -2.13. The minimum Gasteiger partial charge on any atom is -0.481 e. The second kappa shape index (κ2) is 4.30. The van der Waals surface area contributed by atoms with Gasteiger partial charge in [-0.1, -0.05) is 11.6 Å². The molecule has 0 radical (unpaired) electrons. The fourth-order valence-electron chi connectivity index (χ4n) is 2.02. The molecule has 1 fully saturated rings. The number of hydrogen-bond acceptors (Lipinski definition) is 2. The van der Waals surface area contributed by atoms with Crippen LogP contribution in [0.25, 0.3) is 0 Å². The Labute approximate surface area is 104 Å². The summed E-state index contributed by atoms with van der Waals surface area (Å²) in [5.41, 5.74) is 0.803. The van der Waals surface area contributed by atoms with Crippen LogP contribution in [-0.4, -0.2) is 17.3 Å². The van der Waals surface area contributed by atoms with Crippen molar-refractivity contribution >= 4 is 29.3 Å². The van der Waals surface area contributed by atoms with Gasteiger partial charge in [-0.05, 0) is 42.9 Å². The van der Waals surface area contributed by atoms with Crippen molar-refractivity contribution in [3.05, 3.63) is 28.8 Å². The SMILES string of the molecule is CSc1ccc(Cl)c(C2(CC(=O)O)CC2)c1. The van der Waals surface area contributed by atoms with Gasteiger partial charge in [0.1, 0.15) is 0 Å². The average Bonchev–Trinajstić information content (AvgIpc) is 2.98. The summed E-state index contributed by atoms with van der Waals surface area (Å²) in [5, 5.41) is 9.61. The van der Waals surface area contributed by atoms with Crippen LogP contribution in [0, 0.1) is 0 Å². The largest absolute Gasteiger partial charge is 0.481 e. The molecule has 1 aliphatic carbocycles. The fourth-order valence-corrected chi connectivity index (χ4v) is 2.78. The summed E-state index contributed by atoms with van der Waals surface area (Å²) in [4.78, 5) is 12.0. The Morgan fingerprint density at radius 3 is 2.75 bits per heavy atom. The van der Waals surface area contributed by atoms with Gasteiger partial charge in [-0.3, -0.25) is 4.79 Å². The van der Waals surface area contributed by atoms with E-state index in [1.165, 1.54) is 0 Å². The third-order valence-corrected chi connectivity index (χ3v) is 4.14. The molecule has 1 N–H and O–H groups in total. The number of carbonyl (C=O) groups is 1. The molecular weight excluding hydrogens is 244 g/mol. The average molecular weight is 257 g/mol. The highest BCUT2D eigenvalue weighted by Gasteiger charge is 2.47. The highest BCUT2D eigenvalue weighted by Crippen LogP contribution is 2.53. The zero-order chi connectivity index (χ0) is 11.8. The second-order valence-corrected chi connectivity index (χ2v) is 5.48. The molecule has 2 rings (SSSR count). The fraction of sp³-hybridized carbons (Fsp3) is 0.417. The zero-order valence-electron chi connectivity index (χ0n) is 9.00. The van der Waals surface area contributed by atoms with E-state index >= 15 is 0 Å². The van der Waals surface area contributed by atoms with Crippen molar-refractivity contribution in [1.82, 2.24) is 0 Å². The van der Waals surface area contributed by atoms with Crippen LogP contribution in [0.5, 0.6) is 0 Å². The Bertz CT molecular complexity index is 427. The van der Waals surface area contributed by atoms with Gasteiger partial charge in [0.2, 0.25) is 0 Å². The van der Waals surface area contributed by atoms with Crippen LogP contribution in [0.3, 0.4) is 0 Å². The Hall–Kier alpha value is -0.670. The minimum atomic E-state index is -0.747. The van der Waals surface area contributed by atoms with E-state index in [2.05, 4.69) is 0 Å². The van der Waals surface area contributed by atoms with Crippen molar-refractivity contribution in [1.29, 1.82) is 0 Å². The summed E-state index contributed by atoms with van der Waals surface area (Å²) >= 11 is 7.81. The van der Waals surface area contributed by atoms with Crippen LogP contribution in [-0.2, 0) is 10.2 Å². The lowest BCUT2D eigenvalue weighted by molar-refractivity contribution is -0.137. The van der Waals surface area contributed by atoms with Crippen LogP contribution in [0.4, 0.5) is 0 Å². The summed E-state index contributed by atoms with van der Waals surface area (Å²) in [6, 6.07) is 5.86. The van der Waals surface area contributed by atoms with Gasteiger partial charge in [0.15, 0.2) is 0 Å². The van der Waals surface area contributed by atoms with Gasteiger partial charge in [0.25, 0.3) is 0 Å². The van der Waals surface area contributed by atoms with Crippen molar-refractivity contribution < 1.29 is 9.90 Å². The lowest BCUT2D eigenvalue weighted by Gasteiger charge is -2.15. The van der Waals surface area contributed by atoms with E-state index in [9.17, 15) is 4.79 Å². The maximum atomic E-state index is 10.8. The van der Waals surface area contributed by atoms with Gasteiger partial charge >= 0.3 is 5.97 Å². The number of thioether (sulfide) groups is 1. The van der Waals surface area contributed by atoms with Gasteiger partial charge in [-0.25, -0.2) is 0 Å². The van der Waals surface area contributed by atoms with Crippen LogP contribution in [0.1, 0.15) is 24.8 Å². The van der Waals surface area contributed by atoms with Gasteiger partial charge in [-0.2, -0.15) is 0 Å². The molecule has 1 aliphatic rings. The highest BCUT2D eigenvalue weighted by molar-refractivity contribution is 7.98. The Kier molecular flexibility index (Phi) is 3.17. The highest BCUT2D eigenvalue weighted by atomic mass is 35.5. The molecule has 2 nitrogen and oxygen atoms in total. The molecule has 1 aromatic rings. The van der Waals surface area contributed by atoms with E-state index < -0.39 is 5.97 Å². The monoisotopic (exact) mass is 256 g/mol. The smallest absolute Gasteiger partial charge is 0.304 e. The number of carboxylic acid groups (broad SMARTS) is 1. The number of halogens is 1. The predicted octanol–water partition coefficient (Wildman–Crippen LogP) is 3.57. The van der Waals surface area contributed by atoms with Crippen molar-refractivity contribution in [2.45, 2.75) is 29.6 Å². The van der Waals surface area contributed by atoms with E-state index in [4.69, 9.17) is 16.7 Å². The van der Waals surface area contributed by atoms with Crippen molar-refractivity contribution in [2.75, 3.05) is 6.26 Å². The van der Waals surface area contributed by atoms with Crippen molar-refractivity contribution in [3.63, 3.8) is 0 Å². The first kappa shape index (κ1) is 11.8. The third-order valence-electron chi connectivity index (χ3n) is 3.09. The number of carboxylic acids is 1. The van der Waals surface area contributed by atoms with Crippen molar-refractivity contribution in [2.24, 2.45) is 0 Å². The van der Waals surface area contributed by atoms with Crippen molar-refractivity contribution in [3.8, 4) is 0 Å². The Morgan fingerprint density at radius 1 is 1.56 bits per heavy atom. The molecule has 86 valence electrons. The Morgan fingerprint density at radius 2 is 2.25 bits per heavy atom. The maximum Gasteiger partial charge on any atom is 0.304 e. The summed E-state index contributed by atoms with van der Waals surface area (Å²) < 4.78 is 0. The molecule has 0 bridgehead atoms. The molecule has 0 aromatic heterocycles. The molecule has 16 heavy (non-hydrogen) atoms. The van der Waals surface area contributed by atoms with Crippen LogP contribution in [0.15, 0.2) is 23.1 Å². The number of benzene rings is 1. The normalized spacial score (nSPS) is 17.1. The van der Waals surface area contributed by atoms with E-state index in [0.717, 1.165) is 23.3 Å². The second-order valence-electron chi connectivity index (χ2n) is 4.20. The Balaban J connectivity index is 2.35. The van der Waals surface area contributed by atoms with Crippen LogP contribution < -0.4 is 0 Å². The molecular formula is C12H13ClO2S. The summed E-state index contributed by atoms with van der Waals surface area (Å²) in [6.45, 7) is 0. The third kappa shape index (κ3) is 2.20. The zero-order valence-corrected chi connectivity index (χ0v) is 10.6. The molecule has 0 saturated heterocycles. The first-order valence-corrected chi connectivity index (χ1v) is 6.73. The number of hydrogen-bond donors (Lipinski definition) is 1. The van der Waals surface area contributed by atoms with Crippen LogP contribution >= 0.6 is 23.4 Å². The van der Waals surface area contributed by atoms with E-state index in [1.807, 2.05) is 24.5 Å². The molecule has 1 aromatic carbocycles. The van der Waals surface area contributed by atoms with Gasteiger partial charge < -0.3 is 5.11 Å². The van der Waals surface area contributed by atoms with E-state index in [-0.39, 0.29) is 11.8 Å². The number of aliphatic carboxylic acids is 1. The predicted molar refractivity (Wildman–Crippen MR) is 66.4 cm³/mol. The van der Waals surface area contributed by atoms with Crippen LogP contribution in [0.2, 0.25) is 5.02 Å². The van der Waals surface area contributed by atoms with E-state index in [0.29, 0.717) is 5.02 Å². The van der Waals surface area contributed by atoms with E-state index in [1.54, 1.807) is 11.8 Å². The molecule has 0 unspecified atom stereocenters. The first-order valence-electron chi connectivity index (χ1n) is 5.13. The molecule has 4 heteroatoms. The number of rotatable bonds is 4. The summed E-state index contributed by atoms with van der Waals surface area (Å²) in [7, 11) is 0. The molecule has 0 aliphatic heterocycles. The molecule has 0 heterocycles. The first-order chi connectivity index (χ1) is 7.57. The topological polar surface area (TPSA) is 37.3 Å². The van der Waals surface area contributed by atoms with Gasteiger partial charge in [-0.15, -0.1) is 11.8 Å². The standard InChI is InChI=1S/C12H13ClO2S/c1-16-8-2-3-10(13)9(6-8)12(4-5-12)7-11(14)15/h2-3,6H,4-5,7H2,1H3,(H,14,15). The lowest BCUT2D eigenvalue weighted by atomic mass is 9.92. The molecule has 0 amide bonds. The summed E-state index contributed by atoms with van der Waals surface area (Å²) in [6.07, 6.45) is 4.04. The quantitative estimate of drug-likeness (QED) is 0.837. The summed E-state index contributed by atoms with van der Waals surface area (Å²) in [5.74, 6) is -0.747. The maximum absolute atomic E-state index is 10.8. The molecule has 1 saturated carbocycles. The minimum absolute atomic E-state index is 0.185. The molecule has 0 spiro atoms. The van der Waals surface area contributed by atoms with Gasteiger partial charge in [0, 0.05) is 15.3 Å². The molecule has 0 atom stereocenters. The van der Waals surface area contributed by atoms with Gasteiger partial charge in [0.05, 0.1) is 6.42 Å².